The minimum absolute atomic E-state index is 0.307. The maximum atomic E-state index is 8.68. The van der Waals surface area contributed by atoms with Crippen molar-refractivity contribution in [3.8, 4) is 0 Å². The third kappa shape index (κ3) is 9.62. The van der Waals surface area contributed by atoms with Gasteiger partial charge in [0.2, 0.25) is 0 Å². The van der Waals surface area contributed by atoms with Crippen LogP contribution in [0.25, 0.3) is 0 Å². The van der Waals surface area contributed by atoms with Gasteiger partial charge in [0, 0.05) is 6.61 Å². The molecule has 0 aliphatic rings. The summed E-state index contributed by atoms with van der Waals surface area (Å²) in [7, 11) is 0. The molecule has 0 amide bonds. The van der Waals surface area contributed by atoms with Gasteiger partial charge in [-0.05, 0) is 25.2 Å². The van der Waals surface area contributed by atoms with Gasteiger partial charge < -0.3 is 5.11 Å². The predicted molar refractivity (Wildman–Crippen MR) is 58.8 cm³/mol. The topological polar surface area (TPSA) is 20.2 Å². The Hall–Kier alpha value is -0.300. The van der Waals surface area contributed by atoms with Crippen LogP contribution in [0.15, 0.2) is 12.2 Å². The molecule has 1 heteroatoms. The van der Waals surface area contributed by atoms with Crippen molar-refractivity contribution in [2.24, 2.45) is 5.92 Å². The van der Waals surface area contributed by atoms with Crippen LogP contribution in [-0.4, -0.2) is 11.7 Å². The molecule has 0 aromatic rings. The zero-order valence-corrected chi connectivity index (χ0v) is 9.13. The lowest BCUT2D eigenvalue weighted by atomic mass is 10.1. The van der Waals surface area contributed by atoms with E-state index in [1.165, 1.54) is 32.1 Å². The number of aliphatic hydroxyl groups excluding tert-OH is 1. The lowest BCUT2D eigenvalue weighted by molar-refractivity contribution is 0.274. The second-order valence-corrected chi connectivity index (χ2v) is 3.77. The summed E-state index contributed by atoms with van der Waals surface area (Å²) in [6.45, 7) is 4.69. The Kier molecular flexibility index (Phi) is 9.56. The zero-order chi connectivity index (χ0) is 9.94. The van der Waals surface area contributed by atoms with E-state index in [1.807, 2.05) is 0 Å². The summed E-state index contributed by atoms with van der Waals surface area (Å²) in [6.07, 6.45) is 11.9. The molecule has 13 heavy (non-hydrogen) atoms. The summed E-state index contributed by atoms with van der Waals surface area (Å²) < 4.78 is 0. The van der Waals surface area contributed by atoms with Crippen LogP contribution in [0.4, 0.5) is 0 Å². The van der Waals surface area contributed by atoms with E-state index in [-0.39, 0.29) is 0 Å². The van der Waals surface area contributed by atoms with Crippen molar-refractivity contribution in [3.63, 3.8) is 0 Å². The molecule has 0 aliphatic heterocycles. The third-order valence-corrected chi connectivity index (χ3v) is 2.27. The van der Waals surface area contributed by atoms with E-state index in [4.69, 9.17) is 5.11 Å². The summed E-state index contributed by atoms with van der Waals surface area (Å²) in [5.74, 6) is 0.538. The van der Waals surface area contributed by atoms with Gasteiger partial charge in [0.15, 0.2) is 0 Å². The van der Waals surface area contributed by atoms with E-state index in [9.17, 15) is 0 Å². The highest BCUT2D eigenvalue weighted by Crippen LogP contribution is 2.06. The minimum atomic E-state index is 0.307. The van der Waals surface area contributed by atoms with Gasteiger partial charge in [0.25, 0.3) is 0 Å². The van der Waals surface area contributed by atoms with Crippen molar-refractivity contribution < 1.29 is 5.11 Å². The van der Waals surface area contributed by atoms with Crippen molar-refractivity contribution in [2.45, 2.75) is 52.4 Å². The summed E-state index contributed by atoms with van der Waals surface area (Å²) in [5, 5.41) is 8.68. The molecule has 0 aromatic heterocycles. The van der Waals surface area contributed by atoms with Gasteiger partial charge in [0.05, 0.1) is 0 Å². The molecule has 0 aliphatic carbocycles. The molecule has 0 radical (unpaired) electrons. The van der Waals surface area contributed by atoms with Gasteiger partial charge >= 0.3 is 0 Å². The van der Waals surface area contributed by atoms with Crippen LogP contribution in [0.2, 0.25) is 0 Å². The highest BCUT2D eigenvalue weighted by molar-refractivity contribution is 4.85. The largest absolute Gasteiger partial charge is 0.396 e. The zero-order valence-electron chi connectivity index (χ0n) is 9.13. The molecule has 1 N–H and O–H groups in total. The molecule has 0 heterocycles. The first-order valence-electron chi connectivity index (χ1n) is 5.58. The van der Waals surface area contributed by atoms with E-state index in [0.717, 1.165) is 6.42 Å². The normalized spacial score (nSPS) is 13.8. The predicted octanol–water partition coefficient (Wildman–Crippen LogP) is 3.53. The van der Waals surface area contributed by atoms with Crippen LogP contribution >= 0.6 is 0 Å². The Morgan fingerprint density at radius 1 is 1.23 bits per heavy atom. The van der Waals surface area contributed by atoms with Gasteiger partial charge in [0.1, 0.15) is 0 Å². The van der Waals surface area contributed by atoms with Crippen LogP contribution in [0.5, 0.6) is 0 Å². The first-order valence-corrected chi connectivity index (χ1v) is 5.58. The number of unbranched alkanes of at least 4 members (excludes halogenated alkanes) is 4. The van der Waals surface area contributed by atoms with Crippen molar-refractivity contribution in [1.82, 2.24) is 0 Å². The Balaban J connectivity index is 3.20. The van der Waals surface area contributed by atoms with Crippen LogP contribution in [0.3, 0.4) is 0 Å². The number of aliphatic hydroxyl groups is 1. The monoisotopic (exact) mass is 184 g/mol. The molecule has 0 rings (SSSR count). The fourth-order valence-corrected chi connectivity index (χ4v) is 1.32. The molecular formula is C12H24O. The summed E-state index contributed by atoms with van der Waals surface area (Å²) in [6, 6.07) is 0. The third-order valence-electron chi connectivity index (χ3n) is 2.27. The summed E-state index contributed by atoms with van der Waals surface area (Å²) in [5.41, 5.74) is 0. The summed E-state index contributed by atoms with van der Waals surface area (Å²) >= 11 is 0. The quantitative estimate of drug-likeness (QED) is 0.452. The first-order chi connectivity index (χ1) is 6.31. The SMILES string of the molecule is CCCCCCC=CC(C)CCO. The van der Waals surface area contributed by atoms with Crippen molar-refractivity contribution in [1.29, 1.82) is 0 Å². The van der Waals surface area contributed by atoms with E-state index in [1.54, 1.807) is 0 Å². The van der Waals surface area contributed by atoms with Gasteiger partial charge in [-0.2, -0.15) is 0 Å². The smallest absolute Gasteiger partial charge is 0.0436 e. The maximum Gasteiger partial charge on any atom is 0.0436 e. The second kappa shape index (κ2) is 9.79. The van der Waals surface area contributed by atoms with Gasteiger partial charge in [-0.1, -0.05) is 45.3 Å². The Morgan fingerprint density at radius 3 is 2.62 bits per heavy atom. The van der Waals surface area contributed by atoms with Crippen molar-refractivity contribution in [3.05, 3.63) is 12.2 Å². The number of rotatable bonds is 8. The molecule has 0 fully saturated rings. The minimum Gasteiger partial charge on any atom is -0.396 e. The Morgan fingerprint density at radius 2 is 2.00 bits per heavy atom. The molecule has 1 atom stereocenters. The first kappa shape index (κ1) is 12.7. The molecule has 0 bridgehead atoms. The van der Waals surface area contributed by atoms with E-state index >= 15 is 0 Å². The fraction of sp³-hybridized carbons (Fsp3) is 0.833. The van der Waals surface area contributed by atoms with Crippen LogP contribution in [0, 0.1) is 5.92 Å². The molecule has 0 saturated heterocycles. The highest BCUT2D eigenvalue weighted by Gasteiger charge is 1.93. The Labute approximate surface area is 82.9 Å². The Bertz CT molecular complexity index is 118. The maximum absolute atomic E-state index is 8.68. The van der Waals surface area contributed by atoms with Gasteiger partial charge in [-0.25, -0.2) is 0 Å². The molecule has 0 spiro atoms. The standard InChI is InChI=1S/C12H24O/c1-3-4-5-6-7-8-9-12(2)10-11-13/h8-9,12-13H,3-7,10-11H2,1-2H3. The van der Waals surface area contributed by atoms with Gasteiger partial charge in [-0.3, -0.25) is 0 Å². The molecular weight excluding hydrogens is 160 g/mol. The van der Waals surface area contributed by atoms with E-state index in [2.05, 4.69) is 26.0 Å². The molecule has 0 aromatic carbocycles. The number of allylic oxidation sites excluding steroid dienone is 2. The number of hydrogen-bond acceptors (Lipinski definition) is 1. The summed E-state index contributed by atoms with van der Waals surface area (Å²) in [4.78, 5) is 0. The van der Waals surface area contributed by atoms with E-state index in [0.29, 0.717) is 12.5 Å². The highest BCUT2D eigenvalue weighted by atomic mass is 16.2. The van der Waals surface area contributed by atoms with Crippen molar-refractivity contribution >= 4 is 0 Å². The van der Waals surface area contributed by atoms with Gasteiger partial charge in [-0.15, -0.1) is 0 Å². The van der Waals surface area contributed by atoms with Crippen LogP contribution in [0.1, 0.15) is 52.4 Å². The van der Waals surface area contributed by atoms with E-state index < -0.39 is 0 Å². The molecule has 1 nitrogen and oxygen atoms in total. The molecule has 1 unspecified atom stereocenters. The van der Waals surface area contributed by atoms with Crippen molar-refractivity contribution in [2.75, 3.05) is 6.61 Å². The van der Waals surface area contributed by atoms with Crippen LogP contribution < -0.4 is 0 Å². The average molecular weight is 184 g/mol. The van der Waals surface area contributed by atoms with Crippen LogP contribution in [-0.2, 0) is 0 Å². The second-order valence-electron chi connectivity index (χ2n) is 3.77. The molecule has 0 saturated carbocycles. The average Bonchev–Trinajstić information content (AvgIpc) is 2.11. The molecule has 78 valence electrons. The number of hydrogen-bond donors (Lipinski definition) is 1. The lowest BCUT2D eigenvalue weighted by Crippen LogP contribution is -1.92. The lowest BCUT2D eigenvalue weighted by Gasteiger charge is -2.01. The fourth-order valence-electron chi connectivity index (χ4n) is 1.32.